The van der Waals surface area contributed by atoms with Gasteiger partial charge in [0.25, 0.3) is 5.91 Å². The van der Waals surface area contributed by atoms with E-state index in [-0.39, 0.29) is 66.4 Å². The predicted molar refractivity (Wildman–Crippen MR) is 289 cm³/mol. The monoisotopic (exact) mass is 1070 g/mol. The lowest BCUT2D eigenvalue weighted by Crippen LogP contribution is -2.33. The van der Waals surface area contributed by atoms with Gasteiger partial charge in [0.05, 0.1) is 41.2 Å². The summed E-state index contributed by atoms with van der Waals surface area (Å²) in [6, 6.07) is 11.1. The summed E-state index contributed by atoms with van der Waals surface area (Å²) in [7, 11) is 1.01. The van der Waals surface area contributed by atoms with Crippen molar-refractivity contribution in [2.24, 2.45) is 19.8 Å². The van der Waals surface area contributed by atoms with Crippen LogP contribution in [0.5, 0.6) is 0 Å². The molecule has 0 bridgehead atoms. The van der Waals surface area contributed by atoms with Gasteiger partial charge in [-0.3, -0.25) is 14.2 Å². The van der Waals surface area contributed by atoms with Crippen molar-refractivity contribution < 1.29 is 43.2 Å². The van der Waals surface area contributed by atoms with Gasteiger partial charge < -0.3 is 45.0 Å². The van der Waals surface area contributed by atoms with E-state index in [9.17, 15) is 28.6 Å². The van der Waals surface area contributed by atoms with Gasteiger partial charge in [-0.15, -0.1) is 0 Å². The van der Waals surface area contributed by atoms with Gasteiger partial charge in [0, 0.05) is 78.7 Å². The van der Waals surface area contributed by atoms with Crippen LogP contribution in [0.15, 0.2) is 61.2 Å². The number of ether oxygens (including phenoxy) is 2. The molecule has 0 aliphatic heterocycles. The van der Waals surface area contributed by atoms with E-state index in [2.05, 4.69) is 69.7 Å². The fraction of sp³-hybridized carbons (Fsp3) is 0.462. The molecule has 4 atom stereocenters. The smallest absolute Gasteiger partial charge is 0.339 e. The molecule has 6 aromatic heterocycles. The number of fused-ring (bicyclic) bond motifs is 4. The number of carbonyl (C=O) groups excluding carboxylic acids is 1. The molecule has 6 heterocycles. The number of hydrogen-bond donors (Lipinski definition) is 5. The van der Waals surface area contributed by atoms with Crippen molar-refractivity contribution in [2.45, 2.75) is 128 Å². The highest BCUT2D eigenvalue weighted by molar-refractivity contribution is 6.76. The van der Waals surface area contributed by atoms with E-state index in [0.29, 0.717) is 87.6 Å². The molecule has 75 heavy (non-hydrogen) atoms. The lowest BCUT2D eigenvalue weighted by atomic mass is 10.1. The third-order valence-corrected chi connectivity index (χ3v) is 16.8. The summed E-state index contributed by atoms with van der Waals surface area (Å²) in [6.07, 6.45) is 10.6. The second-order valence-electron chi connectivity index (χ2n) is 22.0. The Morgan fingerprint density at radius 1 is 0.707 bits per heavy atom. The Bertz CT molecular complexity index is 3340. The summed E-state index contributed by atoms with van der Waals surface area (Å²) < 4.78 is 45.8. The molecule has 19 nitrogen and oxygen atoms in total. The Balaban J connectivity index is 0.000000178. The molecule has 2 aliphatic rings. The maximum atomic E-state index is 13.8. The average molecular weight is 1070 g/mol. The molecule has 0 radical (unpaired) electrons. The lowest BCUT2D eigenvalue weighted by molar-refractivity contribution is 0.0695. The Kier molecular flexibility index (Phi) is 16.7. The van der Waals surface area contributed by atoms with Crippen LogP contribution in [0.3, 0.4) is 0 Å². The number of nitrogens with two attached hydrogens (primary N) is 1. The first kappa shape index (κ1) is 54.9. The standard InChI is InChI=1S/C26H33FN6O3Si.C21H24FN5O3Si.C5H11NO/c1-32-22-11-16(27)5-8-19(22)23(31-32)21-13-28-25-24(30-21)20(26(35)29-17-6-7-18(34)12-17)14-33(25)15-36-9-10-37(2,3)4;1-26-17-9-13(22)5-6-14(17)18(25-26)16-10-23-20-19(24-16)15(21(28)29)11-27(20)12-30-7-8-31(2,3)4;6-4-1-2-5(7)3-4/h5,8,11,13-14,17-18,34H,6-7,9-10,12,15H2,1-4H3,(H,29,35);5-6,9-11H,7-8,12H2,1-4H3,(H,28,29);4-5,7H,1-3,6H2/t17-,18+;;4-,5+/m0.0/s1. The molecule has 0 spiro atoms. The molecule has 400 valence electrons. The predicted octanol–water partition coefficient (Wildman–Crippen LogP) is 8.07. The third kappa shape index (κ3) is 13.4. The number of amides is 1. The van der Waals surface area contributed by atoms with Gasteiger partial charge in [-0.2, -0.15) is 10.2 Å². The molecular formula is C52H68F2N12O7Si2. The van der Waals surface area contributed by atoms with Crippen molar-refractivity contribution >= 4 is 72.2 Å². The molecule has 2 aromatic carbocycles. The quantitative estimate of drug-likeness (QED) is 0.0481. The minimum atomic E-state index is -1.24. The number of benzene rings is 2. The first-order chi connectivity index (χ1) is 35.5. The van der Waals surface area contributed by atoms with Gasteiger partial charge in [-0.25, -0.2) is 33.5 Å². The number of aryl methyl sites for hydroxylation is 2. The van der Waals surface area contributed by atoms with Crippen molar-refractivity contribution in [3.05, 3.63) is 83.9 Å². The highest BCUT2D eigenvalue weighted by atomic mass is 28.3. The molecule has 2 aliphatic carbocycles. The van der Waals surface area contributed by atoms with Crippen LogP contribution in [0.4, 0.5) is 8.78 Å². The number of aliphatic hydroxyl groups is 2. The molecule has 6 N–H and O–H groups in total. The highest BCUT2D eigenvalue weighted by Crippen LogP contribution is 2.31. The molecular weight excluding hydrogens is 999 g/mol. The minimum absolute atomic E-state index is 0.0458. The topological polar surface area (TPSA) is 248 Å². The summed E-state index contributed by atoms with van der Waals surface area (Å²) in [5, 5.41) is 41.9. The Labute approximate surface area is 435 Å². The van der Waals surface area contributed by atoms with Gasteiger partial charge in [0.2, 0.25) is 0 Å². The zero-order chi connectivity index (χ0) is 53.9. The summed E-state index contributed by atoms with van der Waals surface area (Å²) in [5.74, 6) is -2.05. The molecule has 8 aromatic rings. The van der Waals surface area contributed by atoms with Crippen LogP contribution in [-0.4, -0.2) is 129 Å². The van der Waals surface area contributed by atoms with Crippen LogP contribution in [0.25, 0.3) is 66.9 Å². The fourth-order valence-corrected chi connectivity index (χ4v) is 10.6. The number of carbonyl (C=O) groups is 2. The van der Waals surface area contributed by atoms with Gasteiger partial charge in [0.15, 0.2) is 11.3 Å². The normalized spacial score (nSPS) is 17.9. The number of halogens is 2. The van der Waals surface area contributed by atoms with Crippen LogP contribution in [0.1, 0.15) is 59.2 Å². The SMILES string of the molecule is Cn1nc(-c2cnc3c(n2)c(C(=O)N[C@H]2CC[C@@H](O)C2)cn3COCC[Si](C)(C)C)c2ccc(F)cc21.Cn1nc(-c2cnc3c(n2)c(C(=O)O)cn3COCC[Si](C)(C)C)c2ccc(F)cc21.N[C@H]1CC[C@@H](O)C1. The van der Waals surface area contributed by atoms with E-state index < -0.39 is 22.1 Å². The Hall–Kier alpha value is -6.35. The van der Waals surface area contributed by atoms with E-state index in [1.807, 2.05) is 0 Å². The number of rotatable bonds is 15. The Morgan fingerprint density at radius 2 is 1.17 bits per heavy atom. The summed E-state index contributed by atoms with van der Waals surface area (Å²) >= 11 is 0. The van der Waals surface area contributed by atoms with E-state index >= 15 is 0 Å². The van der Waals surface area contributed by atoms with E-state index in [0.717, 1.165) is 43.2 Å². The van der Waals surface area contributed by atoms with E-state index in [1.54, 1.807) is 63.3 Å². The lowest BCUT2D eigenvalue weighted by Gasteiger charge is -2.15. The molecule has 1 amide bonds. The van der Waals surface area contributed by atoms with Gasteiger partial charge >= 0.3 is 5.97 Å². The van der Waals surface area contributed by atoms with Crippen molar-refractivity contribution in [1.82, 2.24) is 53.9 Å². The number of carboxylic acid groups (broad SMARTS) is 1. The molecule has 23 heteroatoms. The highest BCUT2D eigenvalue weighted by Gasteiger charge is 2.28. The maximum Gasteiger partial charge on any atom is 0.339 e. The number of aliphatic hydroxyl groups excluding tert-OH is 2. The number of nitrogens with one attached hydrogen (secondary N) is 1. The average Bonchev–Trinajstić information content (AvgIpc) is 4.22. The number of aromatic nitrogens is 10. The van der Waals surface area contributed by atoms with Crippen molar-refractivity contribution in [2.75, 3.05) is 13.2 Å². The number of nitrogens with zero attached hydrogens (tertiary/aromatic N) is 10. The number of carboxylic acids is 1. The van der Waals surface area contributed by atoms with Crippen molar-refractivity contribution in [3.8, 4) is 22.8 Å². The van der Waals surface area contributed by atoms with Crippen LogP contribution < -0.4 is 11.1 Å². The number of aromatic carboxylic acids is 1. The molecule has 2 saturated carbocycles. The van der Waals surface area contributed by atoms with Crippen LogP contribution in [-0.2, 0) is 37.0 Å². The molecule has 0 saturated heterocycles. The van der Waals surface area contributed by atoms with Crippen molar-refractivity contribution in [1.29, 1.82) is 0 Å². The largest absolute Gasteiger partial charge is 0.478 e. The summed E-state index contributed by atoms with van der Waals surface area (Å²) in [6.45, 7) is 15.4. The summed E-state index contributed by atoms with van der Waals surface area (Å²) in [4.78, 5) is 43.6. The van der Waals surface area contributed by atoms with E-state index in [4.69, 9.17) is 25.3 Å². The zero-order valence-corrected chi connectivity index (χ0v) is 45.8. The summed E-state index contributed by atoms with van der Waals surface area (Å²) in [5.41, 5.74) is 10.8. The van der Waals surface area contributed by atoms with Gasteiger partial charge in [-0.05, 0) is 87.0 Å². The van der Waals surface area contributed by atoms with Crippen LogP contribution >= 0.6 is 0 Å². The maximum absolute atomic E-state index is 13.8. The number of hydrogen-bond acceptors (Lipinski definition) is 13. The van der Waals surface area contributed by atoms with Crippen LogP contribution in [0, 0.1) is 11.6 Å². The first-order valence-corrected chi connectivity index (χ1v) is 32.7. The van der Waals surface area contributed by atoms with Gasteiger partial charge in [-0.1, -0.05) is 39.3 Å². The molecule has 10 rings (SSSR count). The van der Waals surface area contributed by atoms with E-state index in [1.165, 1.54) is 30.5 Å². The minimum Gasteiger partial charge on any atom is -0.478 e. The third-order valence-electron chi connectivity index (χ3n) is 13.4. The zero-order valence-electron chi connectivity index (χ0n) is 43.8. The second kappa shape index (κ2) is 22.9. The molecule has 2 fully saturated rings. The van der Waals surface area contributed by atoms with Gasteiger partial charge in [0.1, 0.15) is 64.5 Å². The second-order valence-corrected chi connectivity index (χ2v) is 33.3. The Morgan fingerprint density at radius 3 is 1.59 bits per heavy atom. The molecule has 0 unspecified atom stereocenters. The fourth-order valence-electron chi connectivity index (χ4n) is 9.12. The van der Waals surface area contributed by atoms with Crippen LogP contribution in [0.2, 0.25) is 51.4 Å². The van der Waals surface area contributed by atoms with Crippen molar-refractivity contribution in [3.63, 3.8) is 0 Å². The first-order valence-electron chi connectivity index (χ1n) is 25.3.